The molecule has 6 heteroatoms. The predicted octanol–water partition coefficient (Wildman–Crippen LogP) is 4.23. The van der Waals surface area contributed by atoms with Crippen LogP contribution < -0.4 is 5.73 Å². The number of fused-ring (bicyclic) bond motifs is 3. The highest BCUT2D eigenvalue weighted by atomic mass is 16.3. The second-order valence-electron chi connectivity index (χ2n) is 7.97. The Bertz CT molecular complexity index is 1360. The van der Waals surface area contributed by atoms with Gasteiger partial charge in [-0.2, -0.15) is 0 Å². The van der Waals surface area contributed by atoms with Crippen LogP contribution in [0.25, 0.3) is 39.3 Å². The van der Waals surface area contributed by atoms with Gasteiger partial charge in [0.15, 0.2) is 5.65 Å². The maximum absolute atomic E-state index is 10.3. The van der Waals surface area contributed by atoms with Gasteiger partial charge in [-0.15, -0.1) is 0 Å². The predicted molar refractivity (Wildman–Crippen MR) is 119 cm³/mol. The van der Waals surface area contributed by atoms with Gasteiger partial charge in [0.05, 0.1) is 28.5 Å². The van der Waals surface area contributed by atoms with Gasteiger partial charge in [0.25, 0.3) is 0 Å². The average Bonchev–Trinajstić information content (AvgIpc) is 3.37. The van der Waals surface area contributed by atoms with Crippen LogP contribution in [0.4, 0.5) is 0 Å². The molecule has 30 heavy (non-hydrogen) atoms. The van der Waals surface area contributed by atoms with Crippen molar-refractivity contribution in [2.45, 2.75) is 26.0 Å². The zero-order valence-electron chi connectivity index (χ0n) is 16.9. The number of nitrogens with one attached hydrogen (secondary N) is 1. The van der Waals surface area contributed by atoms with E-state index in [0.717, 1.165) is 50.5 Å². The summed E-state index contributed by atoms with van der Waals surface area (Å²) < 4.78 is 2.13. The van der Waals surface area contributed by atoms with E-state index in [-0.39, 0.29) is 0 Å². The summed E-state index contributed by atoms with van der Waals surface area (Å²) in [7, 11) is 0. The molecule has 2 aromatic carbocycles. The minimum absolute atomic E-state index is 0.433. The Morgan fingerprint density at radius 2 is 1.80 bits per heavy atom. The molecule has 5 aromatic rings. The quantitative estimate of drug-likeness (QED) is 0.423. The van der Waals surface area contributed by atoms with Crippen molar-refractivity contribution >= 4 is 16.7 Å². The third-order valence-corrected chi connectivity index (χ3v) is 5.52. The molecule has 0 aliphatic carbocycles. The second-order valence-corrected chi connectivity index (χ2v) is 7.97. The van der Waals surface area contributed by atoms with Crippen molar-refractivity contribution in [3.63, 3.8) is 0 Å². The fourth-order valence-electron chi connectivity index (χ4n) is 3.90. The van der Waals surface area contributed by atoms with E-state index in [1.165, 1.54) is 0 Å². The summed E-state index contributed by atoms with van der Waals surface area (Å²) in [5.41, 5.74) is 12.5. The summed E-state index contributed by atoms with van der Waals surface area (Å²) in [6, 6.07) is 18.0. The highest BCUT2D eigenvalue weighted by Gasteiger charge is 2.20. The molecule has 0 radical (unpaired) electrons. The average molecular weight is 397 g/mol. The molecule has 0 aliphatic rings. The Morgan fingerprint density at radius 3 is 2.53 bits per heavy atom. The molecule has 0 unspecified atom stereocenters. The first-order valence-electron chi connectivity index (χ1n) is 9.93. The molecule has 150 valence electrons. The minimum atomic E-state index is -0.890. The van der Waals surface area contributed by atoms with Crippen LogP contribution in [0, 0.1) is 0 Å². The summed E-state index contributed by atoms with van der Waals surface area (Å²) in [5, 5.41) is 10.3. The van der Waals surface area contributed by atoms with Gasteiger partial charge in [0, 0.05) is 23.9 Å². The van der Waals surface area contributed by atoms with Crippen LogP contribution in [0.2, 0.25) is 0 Å². The summed E-state index contributed by atoms with van der Waals surface area (Å²) >= 11 is 0. The van der Waals surface area contributed by atoms with E-state index in [1.54, 1.807) is 13.8 Å². The van der Waals surface area contributed by atoms with Crippen LogP contribution in [-0.4, -0.2) is 24.5 Å². The van der Waals surface area contributed by atoms with E-state index in [9.17, 15) is 5.11 Å². The van der Waals surface area contributed by atoms with Crippen molar-refractivity contribution in [1.82, 2.24) is 19.4 Å². The number of benzene rings is 2. The number of hydrogen-bond acceptors (Lipinski definition) is 4. The molecule has 3 aromatic heterocycles. The lowest BCUT2D eigenvalue weighted by molar-refractivity contribution is 0.0786. The number of aromatic nitrogens is 4. The van der Waals surface area contributed by atoms with Gasteiger partial charge in [0.2, 0.25) is 0 Å². The highest BCUT2D eigenvalue weighted by Crippen LogP contribution is 2.34. The number of nitrogens with zero attached hydrogens (tertiary/aromatic N) is 3. The number of imidazole rings is 1. The summed E-state index contributed by atoms with van der Waals surface area (Å²) in [6.45, 7) is 3.99. The van der Waals surface area contributed by atoms with E-state index < -0.39 is 5.60 Å². The van der Waals surface area contributed by atoms with Gasteiger partial charge >= 0.3 is 0 Å². The molecule has 0 amide bonds. The smallest absolute Gasteiger partial charge is 0.154 e. The number of nitrogens with two attached hydrogens (primary N) is 1. The molecule has 0 bridgehead atoms. The van der Waals surface area contributed by atoms with Gasteiger partial charge in [-0.1, -0.05) is 48.5 Å². The molecule has 5 rings (SSSR count). The first-order chi connectivity index (χ1) is 14.5. The van der Waals surface area contributed by atoms with Crippen molar-refractivity contribution in [3.05, 3.63) is 78.1 Å². The molecule has 6 nitrogen and oxygen atoms in total. The topological polar surface area (TPSA) is 92.2 Å². The minimum Gasteiger partial charge on any atom is -0.386 e. The summed E-state index contributed by atoms with van der Waals surface area (Å²) in [5.74, 6) is 0.833. The lowest BCUT2D eigenvalue weighted by Crippen LogP contribution is -2.14. The van der Waals surface area contributed by atoms with Gasteiger partial charge < -0.3 is 15.8 Å². The van der Waals surface area contributed by atoms with Crippen molar-refractivity contribution < 1.29 is 5.11 Å². The molecule has 0 saturated heterocycles. The molecular weight excluding hydrogens is 374 g/mol. The molecular formula is C24H23N5O. The zero-order chi connectivity index (χ0) is 20.9. The summed E-state index contributed by atoms with van der Waals surface area (Å²) in [4.78, 5) is 12.8. The van der Waals surface area contributed by atoms with E-state index >= 15 is 0 Å². The van der Waals surface area contributed by atoms with Crippen molar-refractivity contribution in [2.75, 3.05) is 0 Å². The fraction of sp³-hybridized carbons (Fsp3) is 0.167. The molecule has 0 atom stereocenters. The molecule has 4 N–H and O–H groups in total. The van der Waals surface area contributed by atoms with Crippen molar-refractivity contribution in [1.29, 1.82) is 0 Å². The number of aliphatic hydroxyl groups is 1. The molecule has 0 saturated carbocycles. The number of rotatable bonds is 4. The Kier molecular flexibility index (Phi) is 4.20. The largest absolute Gasteiger partial charge is 0.386 e. The standard InChI is InChI=1S/C24H23N5O/c1-24(2,30)17-9-7-15(8-10-17)21-20-14-27-22-19(11-12-26-22)29(20)23(28-21)18-6-4-3-5-16(18)13-25/h3-12,14,26,30H,13,25H2,1-2H3. The molecule has 0 spiro atoms. The summed E-state index contributed by atoms with van der Waals surface area (Å²) in [6.07, 6.45) is 3.73. The fourth-order valence-corrected chi connectivity index (χ4v) is 3.90. The number of hydrogen-bond donors (Lipinski definition) is 3. The maximum atomic E-state index is 10.3. The third kappa shape index (κ3) is 2.89. The van der Waals surface area contributed by atoms with Crippen LogP contribution in [0.5, 0.6) is 0 Å². The van der Waals surface area contributed by atoms with Gasteiger partial charge in [-0.05, 0) is 31.0 Å². The highest BCUT2D eigenvalue weighted by molar-refractivity contribution is 5.88. The van der Waals surface area contributed by atoms with Crippen LogP contribution in [0.1, 0.15) is 25.0 Å². The van der Waals surface area contributed by atoms with E-state index in [4.69, 9.17) is 10.7 Å². The molecule has 0 fully saturated rings. The lowest BCUT2D eigenvalue weighted by Gasteiger charge is -2.17. The van der Waals surface area contributed by atoms with E-state index in [1.807, 2.05) is 60.9 Å². The Labute approximate surface area is 174 Å². The van der Waals surface area contributed by atoms with Crippen molar-refractivity contribution in [2.24, 2.45) is 5.73 Å². The second kappa shape index (κ2) is 6.79. The van der Waals surface area contributed by atoms with Crippen LogP contribution >= 0.6 is 0 Å². The Balaban J connectivity index is 1.80. The Hall–Kier alpha value is -3.48. The van der Waals surface area contributed by atoms with E-state index in [0.29, 0.717) is 6.54 Å². The normalized spacial score (nSPS) is 12.1. The number of H-pyrrole nitrogens is 1. The zero-order valence-corrected chi connectivity index (χ0v) is 16.9. The van der Waals surface area contributed by atoms with Gasteiger partial charge in [0.1, 0.15) is 5.82 Å². The van der Waals surface area contributed by atoms with Gasteiger partial charge in [-0.3, -0.25) is 4.40 Å². The Morgan fingerprint density at radius 1 is 1.03 bits per heavy atom. The van der Waals surface area contributed by atoms with Gasteiger partial charge in [-0.25, -0.2) is 9.97 Å². The van der Waals surface area contributed by atoms with Crippen LogP contribution in [0.3, 0.4) is 0 Å². The van der Waals surface area contributed by atoms with Crippen LogP contribution in [0.15, 0.2) is 67.0 Å². The van der Waals surface area contributed by atoms with E-state index in [2.05, 4.69) is 20.4 Å². The van der Waals surface area contributed by atoms with Crippen molar-refractivity contribution in [3.8, 4) is 22.6 Å². The maximum Gasteiger partial charge on any atom is 0.154 e. The van der Waals surface area contributed by atoms with Crippen LogP contribution in [-0.2, 0) is 12.1 Å². The first-order valence-corrected chi connectivity index (χ1v) is 9.93. The molecule has 3 heterocycles. The molecule has 0 aliphatic heterocycles. The lowest BCUT2D eigenvalue weighted by atomic mass is 9.97. The third-order valence-electron chi connectivity index (χ3n) is 5.52. The first kappa shape index (κ1) is 18.5. The number of aromatic amines is 1. The SMILES string of the molecule is CC(C)(O)c1ccc(-c2nc(-c3ccccc3CN)n3c2cnc2[nH]ccc23)cc1. The monoisotopic (exact) mass is 397 g/mol.